The molecule has 2 aromatic rings. The van der Waals surface area contributed by atoms with Gasteiger partial charge in [-0.25, -0.2) is 21.6 Å². The minimum absolute atomic E-state index is 0.0488. The Labute approximate surface area is 144 Å². The van der Waals surface area contributed by atoms with Crippen molar-refractivity contribution in [3.05, 3.63) is 59.4 Å². The summed E-state index contributed by atoms with van der Waals surface area (Å²) in [5.41, 5.74) is 0.773. The molecule has 0 aromatic heterocycles. The lowest BCUT2D eigenvalue weighted by Crippen LogP contribution is -2.48. The van der Waals surface area contributed by atoms with Crippen molar-refractivity contribution in [2.45, 2.75) is 11.8 Å². The molecule has 0 atom stereocenters. The summed E-state index contributed by atoms with van der Waals surface area (Å²) in [4.78, 5) is 1.84. The summed E-state index contributed by atoms with van der Waals surface area (Å²) >= 11 is 0. The highest BCUT2D eigenvalue weighted by Crippen LogP contribution is 2.23. The molecule has 0 bridgehead atoms. The lowest BCUT2D eigenvalue weighted by Gasteiger charge is -2.35. The Bertz CT molecular complexity index is 895. The first-order valence-electron chi connectivity index (χ1n) is 7.75. The average Bonchev–Trinajstić information content (AvgIpc) is 2.60. The van der Waals surface area contributed by atoms with E-state index in [1.807, 2.05) is 0 Å². The monoisotopic (exact) mass is 370 g/mol. The highest BCUT2D eigenvalue weighted by molar-refractivity contribution is 7.89. The molecule has 1 heterocycles. The van der Waals surface area contributed by atoms with Crippen molar-refractivity contribution in [1.29, 1.82) is 0 Å². The Hall–Kier alpha value is -2.06. The van der Waals surface area contributed by atoms with Crippen LogP contribution >= 0.6 is 0 Å². The van der Waals surface area contributed by atoms with E-state index in [0.29, 0.717) is 18.8 Å². The number of halogens is 3. The molecule has 1 aliphatic heterocycles. The summed E-state index contributed by atoms with van der Waals surface area (Å²) < 4.78 is 66.4. The van der Waals surface area contributed by atoms with Gasteiger partial charge in [-0.3, -0.25) is 0 Å². The number of sulfonamides is 1. The molecule has 2 aromatic carbocycles. The standard InChI is InChI=1S/C17H17F3N2O2S/c1-12-10-14(3-5-15(12)18)25(23,24)22-8-6-21(7-9-22)13-2-4-16(19)17(20)11-13/h2-5,10-11H,6-9H2,1H3. The van der Waals surface area contributed by atoms with Crippen LogP contribution in [0.2, 0.25) is 0 Å². The number of aryl methyl sites for hydroxylation is 1. The molecule has 0 amide bonds. The maximum atomic E-state index is 13.4. The van der Waals surface area contributed by atoms with Crippen molar-refractivity contribution in [2.24, 2.45) is 0 Å². The Kier molecular flexibility index (Phi) is 4.75. The molecular formula is C17H17F3N2O2S. The predicted molar refractivity (Wildman–Crippen MR) is 88.5 cm³/mol. The zero-order valence-corrected chi connectivity index (χ0v) is 14.4. The third kappa shape index (κ3) is 3.50. The van der Waals surface area contributed by atoms with E-state index in [2.05, 4.69) is 0 Å². The first-order chi connectivity index (χ1) is 11.8. The van der Waals surface area contributed by atoms with Gasteiger partial charge in [0, 0.05) is 37.9 Å². The van der Waals surface area contributed by atoms with Crippen molar-refractivity contribution in [2.75, 3.05) is 31.1 Å². The number of anilines is 1. The van der Waals surface area contributed by atoms with E-state index in [9.17, 15) is 21.6 Å². The Morgan fingerprint density at radius 1 is 0.840 bits per heavy atom. The molecule has 3 rings (SSSR count). The molecule has 0 radical (unpaired) electrons. The smallest absolute Gasteiger partial charge is 0.243 e. The fraction of sp³-hybridized carbons (Fsp3) is 0.294. The van der Waals surface area contributed by atoms with Crippen LogP contribution in [-0.2, 0) is 10.0 Å². The molecule has 0 aliphatic carbocycles. The zero-order valence-electron chi connectivity index (χ0n) is 13.5. The summed E-state index contributed by atoms with van der Waals surface area (Å²) in [5.74, 6) is -2.31. The normalized spacial score (nSPS) is 16.2. The second-order valence-electron chi connectivity index (χ2n) is 5.90. The highest BCUT2D eigenvalue weighted by atomic mass is 32.2. The van der Waals surface area contributed by atoms with Crippen LogP contribution in [0.1, 0.15) is 5.56 Å². The Morgan fingerprint density at radius 2 is 1.48 bits per heavy atom. The third-order valence-corrected chi connectivity index (χ3v) is 6.17. The quantitative estimate of drug-likeness (QED) is 0.834. The van der Waals surface area contributed by atoms with Crippen LogP contribution in [0, 0.1) is 24.4 Å². The molecule has 1 aliphatic rings. The fourth-order valence-corrected chi connectivity index (χ4v) is 4.30. The topological polar surface area (TPSA) is 40.6 Å². The van der Waals surface area contributed by atoms with Gasteiger partial charge in [0.05, 0.1) is 4.90 Å². The van der Waals surface area contributed by atoms with E-state index in [0.717, 1.165) is 18.2 Å². The minimum Gasteiger partial charge on any atom is -0.369 e. The van der Waals surface area contributed by atoms with Crippen LogP contribution in [0.25, 0.3) is 0 Å². The van der Waals surface area contributed by atoms with Gasteiger partial charge in [-0.2, -0.15) is 4.31 Å². The second-order valence-corrected chi connectivity index (χ2v) is 7.84. The molecule has 134 valence electrons. The fourth-order valence-electron chi connectivity index (χ4n) is 2.80. The van der Waals surface area contributed by atoms with Gasteiger partial charge < -0.3 is 4.90 Å². The van der Waals surface area contributed by atoms with Gasteiger partial charge in [0.15, 0.2) is 11.6 Å². The lowest BCUT2D eigenvalue weighted by molar-refractivity contribution is 0.384. The maximum absolute atomic E-state index is 13.4. The van der Waals surface area contributed by atoms with Gasteiger partial charge >= 0.3 is 0 Å². The van der Waals surface area contributed by atoms with Gasteiger partial charge in [0.1, 0.15) is 5.82 Å². The number of hydrogen-bond donors (Lipinski definition) is 0. The molecule has 0 spiro atoms. The SMILES string of the molecule is Cc1cc(S(=O)(=O)N2CCN(c3ccc(F)c(F)c3)CC2)ccc1F. The van der Waals surface area contributed by atoms with Crippen LogP contribution in [0.4, 0.5) is 18.9 Å². The number of rotatable bonds is 3. The van der Waals surface area contributed by atoms with Crippen molar-refractivity contribution >= 4 is 15.7 Å². The van der Waals surface area contributed by atoms with E-state index in [-0.39, 0.29) is 23.5 Å². The highest BCUT2D eigenvalue weighted by Gasteiger charge is 2.29. The van der Waals surface area contributed by atoms with E-state index >= 15 is 0 Å². The molecule has 0 N–H and O–H groups in total. The second kappa shape index (κ2) is 6.68. The average molecular weight is 370 g/mol. The predicted octanol–water partition coefficient (Wildman–Crippen LogP) is 2.92. The van der Waals surface area contributed by atoms with Crippen molar-refractivity contribution in [1.82, 2.24) is 4.31 Å². The number of hydrogen-bond acceptors (Lipinski definition) is 3. The Balaban J connectivity index is 1.74. The summed E-state index contributed by atoms with van der Waals surface area (Å²) in [5, 5.41) is 0. The first-order valence-corrected chi connectivity index (χ1v) is 9.19. The van der Waals surface area contributed by atoms with Crippen molar-refractivity contribution < 1.29 is 21.6 Å². The van der Waals surface area contributed by atoms with E-state index in [1.165, 1.54) is 29.4 Å². The molecule has 4 nitrogen and oxygen atoms in total. The summed E-state index contributed by atoms with van der Waals surface area (Å²) in [7, 11) is -3.72. The molecule has 25 heavy (non-hydrogen) atoms. The number of benzene rings is 2. The molecule has 0 saturated carbocycles. The van der Waals surface area contributed by atoms with Crippen LogP contribution < -0.4 is 4.90 Å². The van der Waals surface area contributed by atoms with Crippen molar-refractivity contribution in [3.8, 4) is 0 Å². The van der Waals surface area contributed by atoms with Crippen LogP contribution in [0.5, 0.6) is 0 Å². The summed E-state index contributed by atoms with van der Waals surface area (Å²) in [6.45, 7) is 2.62. The van der Waals surface area contributed by atoms with E-state index in [4.69, 9.17) is 0 Å². The number of piperazine rings is 1. The lowest BCUT2D eigenvalue weighted by atomic mass is 10.2. The van der Waals surface area contributed by atoms with Crippen LogP contribution in [0.15, 0.2) is 41.3 Å². The van der Waals surface area contributed by atoms with E-state index in [1.54, 1.807) is 4.90 Å². The van der Waals surface area contributed by atoms with Gasteiger partial charge in [-0.1, -0.05) is 0 Å². The van der Waals surface area contributed by atoms with E-state index < -0.39 is 27.5 Å². The Morgan fingerprint density at radius 3 is 2.08 bits per heavy atom. The molecule has 0 unspecified atom stereocenters. The van der Waals surface area contributed by atoms with Gasteiger partial charge in [0.25, 0.3) is 0 Å². The zero-order chi connectivity index (χ0) is 18.2. The third-order valence-electron chi connectivity index (χ3n) is 4.27. The van der Waals surface area contributed by atoms with Crippen LogP contribution in [-0.4, -0.2) is 38.9 Å². The summed E-state index contributed by atoms with van der Waals surface area (Å²) in [6.07, 6.45) is 0. The molecule has 8 heteroatoms. The first kappa shape index (κ1) is 17.8. The minimum atomic E-state index is -3.72. The molecular weight excluding hydrogens is 353 g/mol. The van der Waals surface area contributed by atoms with Gasteiger partial charge in [-0.05, 0) is 42.8 Å². The summed E-state index contributed by atoms with van der Waals surface area (Å²) in [6, 6.07) is 7.31. The van der Waals surface area contributed by atoms with Gasteiger partial charge in [0.2, 0.25) is 10.0 Å². The van der Waals surface area contributed by atoms with Crippen LogP contribution in [0.3, 0.4) is 0 Å². The largest absolute Gasteiger partial charge is 0.369 e. The van der Waals surface area contributed by atoms with Crippen molar-refractivity contribution in [3.63, 3.8) is 0 Å². The van der Waals surface area contributed by atoms with Gasteiger partial charge in [-0.15, -0.1) is 0 Å². The number of nitrogens with zero attached hydrogens (tertiary/aromatic N) is 2. The maximum Gasteiger partial charge on any atom is 0.243 e. The molecule has 1 saturated heterocycles. The molecule has 1 fully saturated rings.